The lowest BCUT2D eigenvalue weighted by Gasteiger charge is -2.33. The number of carbonyl (C=O) groups excluding carboxylic acids is 1. The molecule has 1 fully saturated rings. The van der Waals surface area contributed by atoms with Gasteiger partial charge in [-0.05, 0) is 44.0 Å². The Morgan fingerprint density at radius 3 is 2.80 bits per heavy atom. The van der Waals surface area contributed by atoms with Gasteiger partial charge in [0.2, 0.25) is 5.91 Å². The van der Waals surface area contributed by atoms with Crippen molar-refractivity contribution in [3.05, 3.63) is 35.6 Å². The Balaban J connectivity index is 1.68. The van der Waals surface area contributed by atoms with E-state index in [1.807, 2.05) is 0 Å². The maximum atomic E-state index is 12.8. The largest absolute Gasteiger partial charge is 0.355 e. The number of nitrogens with zero attached hydrogens (tertiary/aromatic N) is 1. The Kier molecular flexibility index (Phi) is 5.53. The zero-order valence-electron chi connectivity index (χ0n) is 12.1. The molecule has 0 saturated carbocycles. The third-order valence-electron chi connectivity index (χ3n) is 3.94. The minimum atomic E-state index is -0.270. The van der Waals surface area contributed by atoms with Crippen molar-refractivity contribution >= 4 is 5.91 Å². The maximum Gasteiger partial charge on any atom is 0.224 e. The lowest BCUT2D eigenvalue weighted by atomic mass is 10.0. The molecule has 0 bridgehead atoms. The molecule has 1 amide bonds. The van der Waals surface area contributed by atoms with Crippen LogP contribution in [0.3, 0.4) is 0 Å². The summed E-state index contributed by atoms with van der Waals surface area (Å²) in [5, 5.41) is 2.94. The minimum absolute atomic E-state index is 0.00118. The Morgan fingerprint density at radius 1 is 1.35 bits per heavy atom. The summed E-state index contributed by atoms with van der Waals surface area (Å²) in [6, 6.07) is 6.71. The van der Waals surface area contributed by atoms with E-state index in [0.29, 0.717) is 19.0 Å². The number of likely N-dealkylation sites (tertiary alicyclic amines) is 1. The van der Waals surface area contributed by atoms with Crippen LogP contribution in [0.4, 0.5) is 4.39 Å². The van der Waals surface area contributed by atoms with E-state index in [2.05, 4.69) is 17.1 Å². The van der Waals surface area contributed by atoms with Crippen LogP contribution in [0, 0.1) is 5.82 Å². The van der Waals surface area contributed by atoms with Crippen LogP contribution in [-0.4, -0.2) is 36.5 Å². The molecule has 1 saturated heterocycles. The van der Waals surface area contributed by atoms with Gasteiger partial charge in [-0.25, -0.2) is 4.39 Å². The number of halogens is 1. The Labute approximate surface area is 120 Å². The number of rotatable bonds is 5. The number of benzene rings is 1. The number of carbonyl (C=O) groups is 1. The van der Waals surface area contributed by atoms with Gasteiger partial charge in [0.05, 0.1) is 6.42 Å². The standard InChI is InChI=1S/C16H23FN2O/c1-13-4-2-3-10-19(13)11-9-18-16(20)12-14-5-7-15(17)8-6-14/h5-8,13H,2-4,9-12H2,1H3,(H,18,20)/t13-/m1/s1. The minimum Gasteiger partial charge on any atom is -0.355 e. The molecule has 0 radical (unpaired) electrons. The zero-order valence-corrected chi connectivity index (χ0v) is 12.1. The molecule has 1 atom stereocenters. The Bertz CT molecular complexity index is 433. The topological polar surface area (TPSA) is 32.3 Å². The smallest absolute Gasteiger partial charge is 0.224 e. The third kappa shape index (κ3) is 4.60. The molecule has 1 aromatic rings. The van der Waals surface area contributed by atoms with Crippen LogP contribution in [0.15, 0.2) is 24.3 Å². The molecule has 1 aliphatic heterocycles. The van der Waals surface area contributed by atoms with Crippen molar-refractivity contribution in [2.75, 3.05) is 19.6 Å². The second-order valence-electron chi connectivity index (χ2n) is 5.53. The van der Waals surface area contributed by atoms with Gasteiger partial charge in [0.25, 0.3) is 0 Å². The SMILES string of the molecule is C[C@@H]1CCCCN1CCNC(=O)Cc1ccc(F)cc1. The van der Waals surface area contributed by atoms with Gasteiger partial charge < -0.3 is 5.32 Å². The highest BCUT2D eigenvalue weighted by Gasteiger charge is 2.17. The molecule has 110 valence electrons. The van der Waals surface area contributed by atoms with Gasteiger partial charge in [-0.1, -0.05) is 18.6 Å². The first-order valence-corrected chi connectivity index (χ1v) is 7.40. The molecule has 0 spiro atoms. The highest BCUT2D eigenvalue weighted by Crippen LogP contribution is 2.15. The van der Waals surface area contributed by atoms with Gasteiger partial charge in [-0.15, -0.1) is 0 Å². The first-order valence-electron chi connectivity index (χ1n) is 7.40. The van der Waals surface area contributed by atoms with Crippen molar-refractivity contribution in [2.24, 2.45) is 0 Å². The summed E-state index contributed by atoms with van der Waals surface area (Å²) >= 11 is 0. The van der Waals surface area contributed by atoms with Crippen LogP contribution in [0.5, 0.6) is 0 Å². The number of nitrogens with one attached hydrogen (secondary N) is 1. The molecular weight excluding hydrogens is 255 g/mol. The molecular formula is C16H23FN2O. The van der Waals surface area contributed by atoms with Crippen LogP contribution < -0.4 is 5.32 Å². The van der Waals surface area contributed by atoms with Gasteiger partial charge in [-0.2, -0.15) is 0 Å². The Hall–Kier alpha value is -1.42. The normalized spacial score (nSPS) is 19.8. The maximum absolute atomic E-state index is 12.8. The molecule has 1 N–H and O–H groups in total. The molecule has 20 heavy (non-hydrogen) atoms. The van der Waals surface area contributed by atoms with E-state index < -0.39 is 0 Å². The number of hydrogen-bond donors (Lipinski definition) is 1. The second-order valence-corrected chi connectivity index (χ2v) is 5.53. The summed E-state index contributed by atoms with van der Waals surface area (Å²) in [6.07, 6.45) is 4.14. The average Bonchev–Trinajstić information content (AvgIpc) is 2.43. The fourth-order valence-electron chi connectivity index (χ4n) is 2.68. The van der Waals surface area contributed by atoms with Crippen molar-refractivity contribution in [1.29, 1.82) is 0 Å². The first kappa shape index (κ1) is 15.0. The number of hydrogen-bond acceptors (Lipinski definition) is 2. The van der Waals surface area contributed by atoms with E-state index in [0.717, 1.165) is 18.7 Å². The van der Waals surface area contributed by atoms with E-state index in [4.69, 9.17) is 0 Å². The summed E-state index contributed by atoms with van der Waals surface area (Å²) in [5.74, 6) is -0.269. The van der Waals surface area contributed by atoms with Crippen molar-refractivity contribution in [1.82, 2.24) is 10.2 Å². The molecule has 2 rings (SSSR count). The number of piperidine rings is 1. The summed E-state index contributed by atoms with van der Waals surface area (Å²) in [5.41, 5.74) is 0.843. The highest BCUT2D eigenvalue weighted by molar-refractivity contribution is 5.78. The molecule has 1 aliphatic rings. The quantitative estimate of drug-likeness (QED) is 0.896. The molecule has 4 heteroatoms. The summed E-state index contributed by atoms with van der Waals surface area (Å²) < 4.78 is 12.8. The van der Waals surface area contributed by atoms with Gasteiger partial charge in [0, 0.05) is 19.1 Å². The van der Waals surface area contributed by atoms with Crippen LogP contribution in [0.1, 0.15) is 31.7 Å². The van der Waals surface area contributed by atoms with Crippen LogP contribution in [0.2, 0.25) is 0 Å². The van der Waals surface area contributed by atoms with E-state index in [-0.39, 0.29) is 11.7 Å². The van der Waals surface area contributed by atoms with Gasteiger partial charge in [0.15, 0.2) is 0 Å². The molecule has 0 unspecified atom stereocenters. The summed E-state index contributed by atoms with van der Waals surface area (Å²) in [7, 11) is 0. The average molecular weight is 278 g/mol. The van der Waals surface area contributed by atoms with Crippen molar-refractivity contribution in [3.8, 4) is 0 Å². The molecule has 1 aromatic carbocycles. The summed E-state index contributed by atoms with van der Waals surface area (Å²) in [4.78, 5) is 14.2. The molecule has 3 nitrogen and oxygen atoms in total. The van der Waals surface area contributed by atoms with Gasteiger partial charge >= 0.3 is 0 Å². The zero-order chi connectivity index (χ0) is 14.4. The molecule has 1 heterocycles. The first-order chi connectivity index (χ1) is 9.65. The third-order valence-corrected chi connectivity index (χ3v) is 3.94. The van der Waals surface area contributed by atoms with Crippen molar-refractivity contribution in [3.63, 3.8) is 0 Å². The van der Waals surface area contributed by atoms with E-state index >= 15 is 0 Å². The van der Waals surface area contributed by atoms with E-state index in [1.54, 1.807) is 12.1 Å². The van der Waals surface area contributed by atoms with Gasteiger partial charge in [0.1, 0.15) is 5.82 Å². The predicted octanol–water partition coefficient (Wildman–Crippen LogP) is 2.36. The van der Waals surface area contributed by atoms with Crippen LogP contribution in [0.25, 0.3) is 0 Å². The van der Waals surface area contributed by atoms with E-state index in [1.165, 1.54) is 31.4 Å². The van der Waals surface area contributed by atoms with Crippen molar-refractivity contribution < 1.29 is 9.18 Å². The Morgan fingerprint density at radius 2 is 2.10 bits per heavy atom. The highest BCUT2D eigenvalue weighted by atomic mass is 19.1. The second kappa shape index (κ2) is 7.39. The fraction of sp³-hybridized carbons (Fsp3) is 0.562. The molecule has 0 aromatic heterocycles. The molecule has 0 aliphatic carbocycles. The lowest BCUT2D eigenvalue weighted by molar-refractivity contribution is -0.120. The lowest BCUT2D eigenvalue weighted by Crippen LogP contribution is -2.42. The summed E-state index contributed by atoms with van der Waals surface area (Å²) in [6.45, 7) is 4.98. The monoisotopic (exact) mass is 278 g/mol. The fourth-order valence-corrected chi connectivity index (χ4v) is 2.68. The van der Waals surface area contributed by atoms with Gasteiger partial charge in [-0.3, -0.25) is 9.69 Å². The van der Waals surface area contributed by atoms with E-state index in [9.17, 15) is 9.18 Å². The van der Waals surface area contributed by atoms with Crippen LogP contribution >= 0.6 is 0 Å². The predicted molar refractivity (Wildman–Crippen MR) is 78.0 cm³/mol. The van der Waals surface area contributed by atoms with Crippen LogP contribution in [-0.2, 0) is 11.2 Å². The number of amides is 1. The van der Waals surface area contributed by atoms with Crippen molar-refractivity contribution in [2.45, 2.75) is 38.6 Å².